The van der Waals surface area contributed by atoms with Crippen molar-refractivity contribution in [3.05, 3.63) is 206 Å². The zero-order valence-corrected chi connectivity index (χ0v) is 30.6. The van der Waals surface area contributed by atoms with Crippen molar-refractivity contribution >= 4 is 94.0 Å². The van der Waals surface area contributed by atoms with Crippen molar-refractivity contribution in [2.24, 2.45) is 0 Å². The minimum atomic E-state index is -3.66. The molecule has 3 heteroatoms. The van der Waals surface area contributed by atoms with E-state index in [4.69, 9.17) is 4.11 Å². The topological polar surface area (TPSA) is 9.86 Å². The van der Waals surface area contributed by atoms with Crippen LogP contribution in [-0.4, -0.2) is 17.2 Å². The van der Waals surface area contributed by atoms with Crippen LogP contribution in [0, 0.1) is 0 Å². The molecule has 0 fully saturated rings. The number of benzene rings is 10. The molecule has 0 amide bonds. The third-order valence-electron chi connectivity index (χ3n) is 11.8. The fraction of sp³-hybridized carbons (Fsp3) is 0. The highest BCUT2D eigenvalue weighted by Gasteiger charge is 2.41. The lowest BCUT2D eigenvalue weighted by atomic mass is 10.0. The molecule has 0 saturated carbocycles. The molecular weight excluding hydrogens is 681 g/mol. The van der Waals surface area contributed by atoms with Gasteiger partial charge in [-0.1, -0.05) is 158 Å². The Balaban J connectivity index is 1.13. The Hall–Kier alpha value is -6.94. The van der Waals surface area contributed by atoms with Gasteiger partial charge in [-0.2, -0.15) is 0 Å². The Morgan fingerprint density at radius 3 is 1.05 bits per heavy atom. The van der Waals surface area contributed by atoms with Crippen LogP contribution >= 0.6 is 0 Å². The molecule has 0 unspecified atom stereocenters. The first kappa shape index (κ1) is 25.9. The van der Waals surface area contributed by atoms with Gasteiger partial charge in [-0.3, -0.25) is 0 Å². The predicted octanol–water partition coefficient (Wildman–Crippen LogP) is 10.4. The van der Waals surface area contributed by atoms with E-state index >= 15 is 0 Å². The van der Waals surface area contributed by atoms with Gasteiger partial charge in [0.05, 0.1) is 28.9 Å². The van der Waals surface area contributed by atoms with E-state index in [0.717, 1.165) is 49.0 Å². The smallest absolute Gasteiger partial charge is 0.179 e. The first-order valence-corrected chi connectivity index (χ1v) is 20.7. The van der Waals surface area contributed by atoms with Gasteiger partial charge >= 0.3 is 0 Å². The molecule has 0 atom stereocenters. The van der Waals surface area contributed by atoms with E-state index < -0.39 is 14.1 Å². The Labute approximate surface area is 326 Å². The van der Waals surface area contributed by atoms with Gasteiger partial charge in [-0.05, 0) is 90.8 Å². The monoisotopic (exact) mass is 719 g/mol. The molecule has 0 saturated heterocycles. The maximum Gasteiger partial charge on any atom is 0.179 e. The molecule has 256 valence electrons. The average Bonchev–Trinajstić information content (AvgIpc) is 3.83. The van der Waals surface area contributed by atoms with E-state index in [1.54, 1.807) is 0 Å². The molecule has 0 aliphatic heterocycles. The maximum absolute atomic E-state index is 9.55. The maximum atomic E-state index is 9.55. The molecule has 0 bridgehead atoms. The fourth-order valence-corrected chi connectivity index (χ4v) is 14.0. The first-order chi connectivity index (χ1) is 29.4. The van der Waals surface area contributed by atoms with E-state index in [0.29, 0.717) is 5.19 Å². The van der Waals surface area contributed by atoms with Crippen molar-refractivity contribution in [3.63, 3.8) is 0 Å². The molecule has 0 spiro atoms. The van der Waals surface area contributed by atoms with Crippen molar-refractivity contribution in [1.82, 2.24) is 9.13 Å². The van der Waals surface area contributed by atoms with Crippen LogP contribution < -0.4 is 20.7 Å². The van der Waals surface area contributed by atoms with Gasteiger partial charge < -0.3 is 9.13 Å². The highest BCUT2D eigenvalue weighted by atomic mass is 28.3. The van der Waals surface area contributed by atoms with Crippen LogP contribution in [0.2, 0.25) is 0 Å². The first-order valence-electron chi connectivity index (χ1n) is 21.2. The third-order valence-corrected chi connectivity index (χ3v) is 16.4. The van der Waals surface area contributed by atoms with Gasteiger partial charge in [0.2, 0.25) is 0 Å². The van der Waals surface area contributed by atoms with Crippen molar-refractivity contribution in [2.45, 2.75) is 0 Å². The van der Waals surface area contributed by atoms with Crippen LogP contribution in [0.3, 0.4) is 0 Å². The molecule has 12 rings (SSSR count). The lowest BCUT2D eigenvalue weighted by Gasteiger charge is -2.34. The second kappa shape index (κ2) is 11.5. The van der Waals surface area contributed by atoms with Crippen molar-refractivity contribution < 1.29 is 6.85 Å². The van der Waals surface area contributed by atoms with Crippen LogP contribution in [0.5, 0.6) is 0 Å². The Morgan fingerprint density at radius 1 is 0.309 bits per heavy atom. The Morgan fingerprint density at radius 2 is 0.673 bits per heavy atom. The quantitative estimate of drug-likeness (QED) is 0.0920. The summed E-state index contributed by atoms with van der Waals surface area (Å²) in [7, 11) is -3.66. The predicted molar refractivity (Wildman–Crippen MR) is 236 cm³/mol. The summed E-state index contributed by atoms with van der Waals surface area (Å²) in [5, 5.41) is 12.8. The molecule has 2 nitrogen and oxygen atoms in total. The number of nitrogens with zero attached hydrogens (tertiary/aromatic N) is 2. The number of rotatable bonds is 6. The molecule has 10 aromatic carbocycles. The van der Waals surface area contributed by atoms with Gasteiger partial charge in [0.15, 0.2) is 8.07 Å². The summed E-state index contributed by atoms with van der Waals surface area (Å²) in [6.07, 6.45) is 0. The highest BCUT2D eigenvalue weighted by molar-refractivity contribution is 7.19. The Kier molecular flexibility index (Phi) is 5.44. The molecule has 0 N–H and O–H groups in total. The molecule has 0 aliphatic rings. The summed E-state index contributed by atoms with van der Waals surface area (Å²) in [5.41, 5.74) is 6.45. The van der Waals surface area contributed by atoms with E-state index in [2.05, 4.69) is 167 Å². The minimum absolute atomic E-state index is 0.175. The zero-order chi connectivity index (χ0) is 40.4. The second-order valence-corrected chi connectivity index (χ2v) is 18.2. The van der Waals surface area contributed by atoms with Gasteiger partial charge in [-0.15, -0.1) is 0 Å². The molecule has 12 aromatic rings. The van der Waals surface area contributed by atoms with Crippen molar-refractivity contribution in [2.75, 3.05) is 0 Å². The summed E-state index contributed by atoms with van der Waals surface area (Å²) < 4.78 is 50.2. The van der Waals surface area contributed by atoms with E-state index in [9.17, 15) is 2.74 Å². The Bertz CT molecular complexity index is 3300. The second-order valence-electron chi connectivity index (χ2n) is 14.5. The summed E-state index contributed by atoms with van der Waals surface area (Å²) in [5.74, 6) is 0. The average molecular weight is 720 g/mol. The van der Waals surface area contributed by atoms with Gasteiger partial charge in [-0.25, -0.2) is 0 Å². The SMILES string of the molecule is [2H]c1c([2H])c([2H])c([Si](c2ccccc2)(c2ccc(-n3c4cccc5ccc6cccc3c6c54)cc2)c2ccc(-n3c4cccc5ccc6cccc3c6c54)cc2)c([2H])c1[2H]. The minimum Gasteiger partial charge on any atom is -0.309 e. The van der Waals surface area contributed by atoms with Crippen LogP contribution in [0.25, 0.3) is 76.5 Å². The molecule has 2 heterocycles. The lowest BCUT2D eigenvalue weighted by molar-refractivity contribution is 1.18. The van der Waals surface area contributed by atoms with Crippen LogP contribution in [0.4, 0.5) is 0 Å². The van der Waals surface area contributed by atoms with Crippen molar-refractivity contribution in [3.8, 4) is 11.4 Å². The molecule has 0 aliphatic carbocycles. The summed E-state index contributed by atoms with van der Waals surface area (Å²) >= 11 is 0. The third kappa shape index (κ3) is 4.19. The van der Waals surface area contributed by atoms with Gasteiger partial charge in [0.25, 0.3) is 0 Å². The van der Waals surface area contributed by atoms with Crippen LogP contribution in [0.15, 0.2) is 206 Å². The van der Waals surface area contributed by atoms with E-state index in [1.807, 2.05) is 18.2 Å². The zero-order valence-electron chi connectivity index (χ0n) is 34.6. The number of hydrogen-bond acceptors (Lipinski definition) is 0. The van der Waals surface area contributed by atoms with Crippen molar-refractivity contribution in [1.29, 1.82) is 0 Å². The summed E-state index contributed by atoms with van der Waals surface area (Å²) in [6.45, 7) is 0. The molecule has 0 radical (unpaired) electrons. The molecular formula is C52H34N2Si. The lowest BCUT2D eigenvalue weighted by Crippen LogP contribution is -2.74. The van der Waals surface area contributed by atoms with Crippen LogP contribution in [0.1, 0.15) is 6.85 Å². The summed E-state index contributed by atoms with van der Waals surface area (Å²) in [6, 6.07) is 60.2. The van der Waals surface area contributed by atoms with Gasteiger partial charge in [0.1, 0.15) is 0 Å². The normalized spacial score (nSPS) is 13.6. The molecule has 2 aromatic heterocycles. The van der Waals surface area contributed by atoms with Gasteiger partial charge in [0, 0.05) is 32.9 Å². The largest absolute Gasteiger partial charge is 0.309 e. The number of hydrogen-bond donors (Lipinski definition) is 0. The number of aromatic nitrogens is 2. The summed E-state index contributed by atoms with van der Waals surface area (Å²) in [4.78, 5) is 0. The highest BCUT2D eigenvalue weighted by Crippen LogP contribution is 2.40. The molecule has 55 heavy (non-hydrogen) atoms. The fourth-order valence-electron chi connectivity index (χ4n) is 9.58. The standard InChI is InChI=1S/C52H34N2Si/c1-3-15-41(16-4-1)55(42-17-5-2-6-18-42,43-31-27-39(28-32-43)53-45-19-7-11-35-23-24-36-12-8-20-46(53)50(36)49(35)45)44-33-29-40(30-34-44)54-47-21-9-13-37-25-26-38-14-10-22-48(54)52(38)51(37)47/h1-34H/i1D,3D,4D,15D,16D. The van der Waals surface area contributed by atoms with Crippen LogP contribution in [-0.2, 0) is 0 Å². The van der Waals surface area contributed by atoms with E-state index in [1.165, 1.54) is 43.1 Å². The van der Waals surface area contributed by atoms with E-state index in [-0.39, 0.29) is 24.2 Å².